The Morgan fingerprint density at radius 2 is 2.00 bits per heavy atom. The van der Waals surface area contributed by atoms with E-state index in [1.165, 1.54) is 19.2 Å². The minimum atomic E-state index is -3.86. The zero-order chi connectivity index (χ0) is 18.6. The van der Waals surface area contributed by atoms with E-state index in [2.05, 4.69) is 4.98 Å². The van der Waals surface area contributed by atoms with Crippen molar-refractivity contribution in [3.8, 4) is 5.75 Å². The van der Waals surface area contributed by atoms with Crippen molar-refractivity contribution in [1.82, 2.24) is 9.29 Å². The van der Waals surface area contributed by atoms with Gasteiger partial charge in [0.05, 0.1) is 23.7 Å². The molecule has 0 aliphatic heterocycles. The SMILES string of the molecule is CCOc1ccc(S(=O)(=O)N(C)Cc2cccc(C)n2)cc1C(=O)O. The molecule has 1 N–H and O–H groups in total. The summed E-state index contributed by atoms with van der Waals surface area (Å²) in [4.78, 5) is 15.6. The fraction of sp³-hybridized carbons (Fsp3) is 0.294. The summed E-state index contributed by atoms with van der Waals surface area (Å²) in [5, 5.41) is 9.29. The van der Waals surface area contributed by atoms with Crippen LogP contribution in [0.4, 0.5) is 0 Å². The van der Waals surface area contributed by atoms with E-state index in [1.54, 1.807) is 19.1 Å². The maximum Gasteiger partial charge on any atom is 0.339 e. The van der Waals surface area contributed by atoms with Gasteiger partial charge in [-0.05, 0) is 44.2 Å². The molecule has 134 valence electrons. The van der Waals surface area contributed by atoms with Crippen LogP contribution in [0, 0.1) is 6.92 Å². The van der Waals surface area contributed by atoms with Crippen LogP contribution in [0.25, 0.3) is 0 Å². The number of nitrogens with zero attached hydrogens (tertiary/aromatic N) is 2. The normalized spacial score (nSPS) is 11.5. The number of sulfonamides is 1. The van der Waals surface area contributed by atoms with Crippen LogP contribution in [0.15, 0.2) is 41.3 Å². The molecule has 1 heterocycles. The van der Waals surface area contributed by atoms with E-state index in [4.69, 9.17) is 4.74 Å². The van der Waals surface area contributed by atoms with Gasteiger partial charge in [0.1, 0.15) is 11.3 Å². The Morgan fingerprint density at radius 1 is 1.28 bits per heavy atom. The van der Waals surface area contributed by atoms with E-state index in [9.17, 15) is 18.3 Å². The van der Waals surface area contributed by atoms with E-state index in [-0.39, 0.29) is 29.4 Å². The summed E-state index contributed by atoms with van der Waals surface area (Å²) in [7, 11) is -2.44. The highest BCUT2D eigenvalue weighted by Crippen LogP contribution is 2.25. The van der Waals surface area contributed by atoms with Crippen LogP contribution < -0.4 is 4.74 Å². The maximum atomic E-state index is 12.7. The van der Waals surface area contributed by atoms with Crippen molar-refractivity contribution in [1.29, 1.82) is 0 Å². The fourth-order valence-corrected chi connectivity index (χ4v) is 3.47. The largest absolute Gasteiger partial charge is 0.493 e. The Bertz CT molecular complexity index is 880. The van der Waals surface area contributed by atoms with Gasteiger partial charge in [-0.1, -0.05) is 6.07 Å². The number of rotatable bonds is 7. The van der Waals surface area contributed by atoms with E-state index >= 15 is 0 Å². The van der Waals surface area contributed by atoms with Gasteiger partial charge in [0.2, 0.25) is 10.0 Å². The second-order valence-electron chi connectivity index (χ2n) is 5.43. The Balaban J connectivity index is 2.35. The molecule has 0 bridgehead atoms. The third-order valence-electron chi connectivity index (χ3n) is 3.52. The quantitative estimate of drug-likeness (QED) is 0.810. The van der Waals surface area contributed by atoms with Crippen LogP contribution in [-0.2, 0) is 16.6 Å². The molecule has 25 heavy (non-hydrogen) atoms. The van der Waals surface area contributed by atoms with Crippen molar-refractivity contribution in [3.63, 3.8) is 0 Å². The summed E-state index contributed by atoms with van der Waals surface area (Å²) in [6, 6.07) is 9.18. The van der Waals surface area contributed by atoms with Gasteiger partial charge in [-0.25, -0.2) is 13.2 Å². The summed E-state index contributed by atoms with van der Waals surface area (Å²) in [5.41, 5.74) is 1.21. The highest BCUT2D eigenvalue weighted by atomic mass is 32.2. The zero-order valence-electron chi connectivity index (χ0n) is 14.3. The lowest BCUT2D eigenvalue weighted by Gasteiger charge is -2.18. The molecule has 1 aromatic carbocycles. The Labute approximate surface area is 146 Å². The number of aryl methyl sites for hydroxylation is 1. The molecule has 2 aromatic rings. The summed E-state index contributed by atoms with van der Waals surface area (Å²) >= 11 is 0. The van der Waals surface area contributed by atoms with Crippen LogP contribution in [0.5, 0.6) is 5.75 Å². The van der Waals surface area contributed by atoms with Gasteiger partial charge in [-0.15, -0.1) is 0 Å². The molecule has 0 radical (unpaired) electrons. The number of aromatic nitrogens is 1. The summed E-state index contributed by atoms with van der Waals surface area (Å²) in [6.45, 7) is 3.91. The molecule has 7 nitrogen and oxygen atoms in total. The van der Waals surface area contributed by atoms with Crippen LogP contribution in [0.3, 0.4) is 0 Å². The molecule has 0 unspecified atom stereocenters. The first-order valence-corrected chi connectivity index (χ1v) is 9.08. The second kappa shape index (κ2) is 7.62. The highest BCUT2D eigenvalue weighted by Gasteiger charge is 2.24. The van der Waals surface area contributed by atoms with E-state index in [0.717, 1.165) is 16.1 Å². The standard InChI is InChI=1S/C17H20N2O5S/c1-4-24-16-9-8-14(10-15(16)17(20)21)25(22,23)19(3)11-13-7-5-6-12(2)18-13/h5-10H,4,11H2,1-3H3,(H,20,21). The molecule has 8 heteroatoms. The highest BCUT2D eigenvalue weighted by molar-refractivity contribution is 7.89. The summed E-state index contributed by atoms with van der Waals surface area (Å²) < 4.78 is 31.8. The number of carbonyl (C=O) groups is 1. The lowest BCUT2D eigenvalue weighted by atomic mass is 10.2. The fourth-order valence-electron chi connectivity index (χ4n) is 2.30. The van der Waals surface area contributed by atoms with Gasteiger partial charge in [-0.3, -0.25) is 4.98 Å². The van der Waals surface area contributed by atoms with Crippen molar-refractivity contribution in [3.05, 3.63) is 53.3 Å². The van der Waals surface area contributed by atoms with Crippen molar-refractivity contribution in [2.75, 3.05) is 13.7 Å². The van der Waals surface area contributed by atoms with Crippen molar-refractivity contribution >= 4 is 16.0 Å². The average molecular weight is 364 g/mol. The molecule has 0 aliphatic rings. The number of hydrogen-bond donors (Lipinski definition) is 1. The van der Waals surface area contributed by atoms with Crippen molar-refractivity contribution < 1.29 is 23.1 Å². The Morgan fingerprint density at radius 3 is 2.60 bits per heavy atom. The molecular formula is C17H20N2O5S. The second-order valence-corrected chi connectivity index (χ2v) is 7.47. The number of pyridine rings is 1. The number of carboxylic acids is 1. The number of carboxylic acid groups (broad SMARTS) is 1. The van der Waals surface area contributed by atoms with Gasteiger partial charge < -0.3 is 9.84 Å². The molecule has 0 atom stereocenters. The Kier molecular flexibility index (Phi) is 5.76. The molecule has 0 aliphatic carbocycles. The maximum absolute atomic E-state index is 12.7. The first kappa shape index (κ1) is 18.9. The van der Waals surface area contributed by atoms with E-state index in [1.807, 2.05) is 13.0 Å². The van der Waals surface area contributed by atoms with Crippen molar-refractivity contribution in [2.45, 2.75) is 25.3 Å². The summed E-state index contributed by atoms with van der Waals surface area (Å²) in [5.74, 6) is -1.11. The first-order valence-electron chi connectivity index (χ1n) is 7.64. The van der Waals surface area contributed by atoms with Gasteiger partial charge in [-0.2, -0.15) is 4.31 Å². The molecule has 0 spiro atoms. The topological polar surface area (TPSA) is 96.8 Å². The molecule has 0 amide bonds. The van der Waals surface area contributed by atoms with Gasteiger partial charge in [0, 0.05) is 12.7 Å². The zero-order valence-corrected chi connectivity index (χ0v) is 15.1. The van der Waals surface area contributed by atoms with E-state index in [0.29, 0.717) is 5.69 Å². The number of benzene rings is 1. The predicted octanol–water partition coefficient (Wildman–Crippen LogP) is 2.31. The van der Waals surface area contributed by atoms with Crippen LogP contribution in [-0.4, -0.2) is 42.4 Å². The molecule has 1 aromatic heterocycles. The molecule has 0 saturated heterocycles. The minimum absolute atomic E-state index is 0.0830. The number of aromatic carboxylic acids is 1. The van der Waals surface area contributed by atoms with Crippen molar-refractivity contribution in [2.24, 2.45) is 0 Å². The number of ether oxygens (including phenoxy) is 1. The molecule has 0 saturated carbocycles. The third kappa shape index (κ3) is 4.34. The van der Waals surface area contributed by atoms with Crippen LogP contribution >= 0.6 is 0 Å². The van der Waals surface area contributed by atoms with E-state index < -0.39 is 16.0 Å². The smallest absolute Gasteiger partial charge is 0.339 e. The van der Waals surface area contributed by atoms with Gasteiger partial charge in [0.25, 0.3) is 0 Å². The molecule has 0 fully saturated rings. The first-order chi connectivity index (χ1) is 11.8. The molecule has 2 rings (SSSR count). The third-order valence-corrected chi connectivity index (χ3v) is 5.32. The minimum Gasteiger partial charge on any atom is -0.493 e. The lowest BCUT2D eigenvalue weighted by molar-refractivity contribution is 0.0692. The van der Waals surface area contributed by atoms with Crippen LogP contribution in [0.1, 0.15) is 28.7 Å². The van der Waals surface area contributed by atoms with Gasteiger partial charge in [0.15, 0.2) is 0 Å². The molecular weight excluding hydrogens is 344 g/mol. The Hall–Kier alpha value is -2.45. The average Bonchev–Trinajstić information content (AvgIpc) is 2.55. The number of hydrogen-bond acceptors (Lipinski definition) is 5. The monoisotopic (exact) mass is 364 g/mol. The van der Waals surface area contributed by atoms with Gasteiger partial charge >= 0.3 is 5.97 Å². The van der Waals surface area contributed by atoms with Crippen LogP contribution in [0.2, 0.25) is 0 Å². The lowest BCUT2D eigenvalue weighted by Crippen LogP contribution is -2.27. The predicted molar refractivity (Wildman–Crippen MR) is 92.2 cm³/mol. The summed E-state index contributed by atoms with van der Waals surface area (Å²) in [6.07, 6.45) is 0.